The number of rotatable bonds is 65. The van der Waals surface area contributed by atoms with Gasteiger partial charge in [0.2, 0.25) is 0 Å². The molecule has 1 unspecified atom stereocenters. The largest absolute Gasteiger partial charge is 0.462 e. The Morgan fingerprint density at radius 3 is 0.718 bits per heavy atom. The Labute approximate surface area is 486 Å². The van der Waals surface area contributed by atoms with Crippen LogP contribution in [0.3, 0.4) is 0 Å². The molecular weight excluding hydrogens is 961 g/mol. The molecule has 0 aromatic carbocycles. The minimum absolute atomic E-state index is 0.0686. The van der Waals surface area contributed by atoms with Crippen molar-refractivity contribution in [3.05, 3.63) is 36.5 Å². The number of carbonyl (C=O) groups excluding carboxylic acids is 3. The Kier molecular flexibility index (Phi) is 65.1. The van der Waals surface area contributed by atoms with E-state index in [0.717, 1.165) is 70.6 Å². The topological polar surface area (TPSA) is 78.9 Å². The molecule has 0 saturated carbocycles. The minimum Gasteiger partial charge on any atom is -0.462 e. The van der Waals surface area contributed by atoms with Crippen LogP contribution in [0.4, 0.5) is 0 Å². The maximum atomic E-state index is 12.9. The van der Waals surface area contributed by atoms with Crippen LogP contribution in [0.25, 0.3) is 0 Å². The summed E-state index contributed by atoms with van der Waals surface area (Å²) in [5, 5.41) is 0. The maximum Gasteiger partial charge on any atom is 0.306 e. The third-order valence-corrected chi connectivity index (χ3v) is 15.9. The molecular formula is C72H134O6. The fourth-order valence-corrected chi connectivity index (χ4v) is 10.6. The molecule has 0 rings (SSSR count). The summed E-state index contributed by atoms with van der Waals surface area (Å²) >= 11 is 0. The molecule has 0 aliphatic heterocycles. The molecule has 0 heterocycles. The van der Waals surface area contributed by atoms with Crippen LogP contribution in [0.2, 0.25) is 0 Å². The van der Waals surface area contributed by atoms with E-state index < -0.39 is 6.10 Å². The second-order valence-corrected chi connectivity index (χ2v) is 23.8. The first kappa shape index (κ1) is 75.6. The summed E-state index contributed by atoms with van der Waals surface area (Å²) < 4.78 is 17.0. The van der Waals surface area contributed by atoms with Gasteiger partial charge in [0.15, 0.2) is 6.10 Å². The molecule has 0 amide bonds. The fourth-order valence-electron chi connectivity index (χ4n) is 10.6. The Morgan fingerprint density at radius 1 is 0.256 bits per heavy atom. The summed E-state index contributed by atoms with van der Waals surface area (Å²) in [5.41, 5.74) is 0. The number of hydrogen-bond acceptors (Lipinski definition) is 6. The molecule has 0 aromatic rings. The third-order valence-electron chi connectivity index (χ3n) is 15.9. The van der Waals surface area contributed by atoms with Crippen LogP contribution in [0.1, 0.15) is 387 Å². The molecule has 0 fully saturated rings. The van der Waals surface area contributed by atoms with Crippen molar-refractivity contribution in [3.63, 3.8) is 0 Å². The first-order valence-electron chi connectivity index (χ1n) is 35.0. The minimum atomic E-state index is -0.772. The van der Waals surface area contributed by atoms with Gasteiger partial charge in [0, 0.05) is 19.3 Å². The van der Waals surface area contributed by atoms with Gasteiger partial charge < -0.3 is 14.2 Å². The van der Waals surface area contributed by atoms with Crippen molar-refractivity contribution in [2.45, 2.75) is 393 Å². The van der Waals surface area contributed by atoms with E-state index in [-0.39, 0.29) is 31.1 Å². The van der Waals surface area contributed by atoms with E-state index in [4.69, 9.17) is 14.2 Å². The van der Waals surface area contributed by atoms with Crippen LogP contribution in [0.5, 0.6) is 0 Å². The number of unbranched alkanes of at least 4 members (excludes halogenated alkanes) is 48. The van der Waals surface area contributed by atoms with Gasteiger partial charge >= 0.3 is 17.9 Å². The van der Waals surface area contributed by atoms with Gasteiger partial charge in [0.1, 0.15) is 13.2 Å². The first-order valence-corrected chi connectivity index (χ1v) is 35.0. The van der Waals surface area contributed by atoms with Crippen LogP contribution in [0, 0.1) is 0 Å². The molecule has 0 spiro atoms. The Bertz CT molecular complexity index is 1300. The zero-order valence-electron chi connectivity index (χ0n) is 52.7. The van der Waals surface area contributed by atoms with E-state index >= 15 is 0 Å². The van der Waals surface area contributed by atoms with E-state index in [2.05, 4.69) is 57.2 Å². The first-order chi connectivity index (χ1) is 38.5. The number of allylic oxidation sites excluding steroid dienone is 6. The lowest BCUT2D eigenvalue weighted by Gasteiger charge is -2.18. The third kappa shape index (κ3) is 64.5. The summed E-state index contributed by atoms with van der Waals surface area (Å²) in [6, 6.07) is 0. The number of hydrogen-bond donors (Lipinski definition) is 0. The highest BCUT2D eigenvalue weighted by atomic mass is 16.6. The Morgan fingerprint density at radius 2 is 0.462 bits per heavy atom. The molecule has 6 heteroatoms. The van der Waals surface area contributed by atoms with Gasteiger partial charge in [0.25, 0.3) is 0 Å². The average molecular weight is 1100 g/mol. The number of esters is 3. The molecule has 1 atom stereocenters. The van der Waals surface area contributed by atoms with Gasteiger partial charge in [0.05, 0.1) is 0 Å². The van der Waals surface area contributed by atoms with E-state index in [0.29, 0.717) is 19.3 Å². The lowest BCUT2D eigenvalue weighted by molar-refractivity contribution is -0.167. The fraction of sp³-hybridized carbons (Fsp3) is 0.875. The summed E-state index contributed by atoms with van der Waals surface area (Å²) in [7, 11) is 0. The summed E-state index contributed by atoms with van der Waals surface area (Å²) in [6.07, 6.45) is 83.2. The Hall–Kier alpha value is -2.37. The van der Waals surface area contributed by atoms with Crippen molar-refractivity contribution < 1.29 is 28.6 Å². The molecule has 6 nitrogen and oxygen atoms in total. The molecule has 0 aliphatic carbocycles. The van der Waals surface area contributed by atoms with Crippen LogP contribution in [-0.4, -0.2) is 37.2 Å². The molecule has 0 aliphatic rings. The van der Waals surface area contributed by atoms with Crippen molar-refractivity contribution in [3.8, 4) is 0 Å². The predicted molar refractivity (Wildman–Crippen MR) is 339 cm³/mol. The smallest absolute Gasteiger partial charge is 0.306 e. The van der Waals surface area contributed by atoms with Crippen molar-refractivity contribution in [1.29, 1.82) is 0 Å². The van der Waals surface area contributed by atoms with E-state index in [1.807, 2.05) is 0 Å². The quantitative estimate of drug-likeness (QED) is 0.0261. The van der Waals surface area contributed by atoms with E-state index in [1.165, 1.54) is 276 Å². The zero-order chi connectivity index (χ0) is 56.4. The standard InChI is InChI=1S/C72H134O6/c1-4-7-10-13-16-19-22-25-28-29-30-31-32-33-34-35-36-37-38-39-40-41-42-43-45-47-50-53-56-59-62-65-71(74)77-68-69(67-76-70(73)64-61-58-55-52-49-46-27-24-21-18-15-12-9-6-3)78-72(75)66-63-60-57-54-51-48-44-26-23-20-17-14-11-8-5-2/h22,24-25,27,29-30,69H,4-21,23,26,28,31-68H2,1-3H3/b25-22-,27-24-,30-29-. The molecule has 0 N–H and O–H groups in total. The lowest BCUT2D eigenvalue weighted by Crippen LogP contribution is -2.30. The molecule has 0 radical (unpaired) electrons. The highest BCUT2D eigenvalue weighted by molar-refractivity contribution is 5.71. The summed E-state index contributed by atoms with van der Waals surface area (Å²) in [6.45, 7) is 6.68. The number of ether oxygens (including phenoxy) is 3. The average Bonchev–Trinajstić information content (AvgIpc) is 3.44. The van der Waals surface area contributed by atoms with Gasteiger partial charge in [-0.25, -0.2) is 0 Å². The molecule has 0 saturated heterocycles. The van der Waals surface area contributed by atoms with Crippen LogP contribution >= 0.6 is 0 Å². The zero-order valence-corrected chi connectivity index (χ0v) is 52.7. The SMILES string of the molecule is CCCCCCC/C=C\C/C=C\CCCCCCCCCCCCCCCCCCCCCC(=O)OCC(COC(=O)CCCCCCC/C=C\CCCCCCC)OC(=O)CCCCCCCCCCCCCCCCC. The molecule has 458 valence electrons. The van der Waals surface area contributed by atoms with Crippen LogP contribution in [0.15, 0.2) is 36.5 Å². The summed E-state index contributed by atoms with van der Waals surface area (Å²) in [4.78, 5) is 38.3. The Balaban J connectivity index is 4.13. The van der Waals surface area contributed by atoms with Gasteiger partial charge in [-0.05, 0) is 77.0 Å². The van der Waals surface area contributed by atoms with Crippen molar-refractivity contribution in [1.82, 2.24) is 0 Å². The lowest BCUT2D eigenvalue weighted by atomic mass is 10.0. The van der Waals surface area contributed by atoms with Gasteiger partial charge in [-0.1, -0.05) is 327 Å². The van der Waals surface area contributed by atoms with Gasteiger partial charge in [-0.15, -0.1) is 0 Å². The summed E-state index contributed by atoms with van der Waals surface area (Å²) in [5.74, 6) is -0.849. The molecule has 78 heavy (non-hydrogen) atoms. The van der Waals surface area contributed by atoms with Gasteiger partial charge in [-0.2, -0.15) is 0 Å². The van der Waals surface area contributed by atoms with E-state index in [1.54, 1.807) is 0 Å². The molecule has 0 bridgehead atoms. The number of carbonyl (C=O) groups is 3. The van der Waals surface area contributed by atoms with Crippen molar-refractivity contribution >= 4 is 17.9 Å². The van der Waals surface area contributed by atoms with Crippen molar-refractivity contribution in [2.24, 2.45) is 0 Å². The van der Waals surface area contributed by atoms with Gasteiger partial charge in [-0.3, -0.25) is 14.4 Å². The maximum absolute atomic E-state index is 12.9. The second kappa shape index (κ2) is 67.1. The second-order valence-electron chi connectivity index (χ2n) is 23.8. The van der Waals surface area contributed by atoms with E-state index in [9.17, 15) is 14.4 Å². The normalized spacial score (nSPS) is 12.2. The monoisotopic (exact) mass is 1100 g/mol. The highest BCUT2D eigenvalue weighted by Gasteiger charge is 2.19. The van der Waals surface area contributed by atoms with Crippen LogP contribution in [-0.2, 0) is 28.6 Å². The predicted octanol–water partition coefficient (Wildman–Crippen LogP) is 23.9. The van der Waals surface area contributed by atoms with Crippen LogP contribution < -0.4 is 0 Å². The highest BCUT2D eigenvalue weighted by Crippen LogP contribution is 2.18. The molecule has 0 aromatic heterocycles. The van der Waals surface area contributed by atoms with Crippen molar-refractivity contribution in [2.75, 3.05) is 13.2 Å².